The van der Waals surface area contributed by atoms with Gasteiger partial charge in [0, 0.05) is 28.4 Å². The first-order valence-corrected chi connectivity index (χ1v) is 6.80. The fraction of sp³-hybridized carbons (Fsp3) is 0.417. The fourth-order valence-electron chi connectivity index (χ4n) is 1.93. The molecule has 0 radical (unpaired) electrons. The van der Waals surface area contributed by atoms with Crippen molar-refractivity contribution in [1.29, 1.82) is 0 Å². The third-order valence-corrected chi connectivity index (χ3v) is 3.56. The molecule has 2 rings (SSSR count). The summed E-state index contributed by atoms with van der Waals surface area (Å²) in [4.78, 5) is 13.7. The predicted molar refractivity (Wildman–Crippen MR) is 84.2 cm³/mol. The zero-order chi connectivity index (χ0) is 12.3. The lowest BCUT2D eigenvalue weighted by Gasteiger charge is -2.30. The molecule has 6 heteroatoms. The van der Waals surface area contributed by atoms with Crippen molar-refractivity contribution < 1.29 is 4.79 Å². The quantitative estimate of drug-likeness (QED) is 0.735. The van der Waals surface area contributed by atoms with E-state index >= 15 is 0 Å². The Morgan fingerprint density at radius 3 is 2.67 bits per heavy atom. The third kappa shape index (κ3) is 4.29. The molecular weight excluding hydrogens is 365 g/mol. The van der Waals surface area contributed by atoms with Crippen molar-refractivity contribution in [3.05, 3.63) is 27.8 Å². The van der Waals surface area contributed by atoms with Gasteiger partial charge in [0.2, 0.25) is 0 Å². The van der Waals surface area contributed by atoms with Crippen molar-refractivity contribution in [3.63, 3.8) is 0 Å². The molecule has 0 aromatic heterocycles. The van der Waals surface area contributed by atoms with Crippen LogP contribution in [0.15, 0.2) is 24.3 Å². The molecule has 1 aliphatic rings. The van der Waals surface area contributed by atoms with Crippen LogP contribution in [-0.2, 0) is 0 Å². The van der Waals surface area contributed by atoms with Crippen molar-refractivity contribution in [1.82, 2.24) is 4.90 Å². The Morgan fingerprint density at radius 1 is 1.39 bits per heavy atom. The topological polar surface area (TPSA) is 58.4 Å². The van der Waals surface area contributed by atoms with Crippen molar-refractivity contribution >= 4 is 46.7 Å². The molecular formula is C12H17ClIN3O. The Morgan fingerprint density at radius 2 is 2.06 bits per heavy atom. The molecule has 3 N–H and O–H groups in total. The zero-order valence-corrected chi connectivity index (χ0v) is 12.9. The van der Waals surface area contributed by atoms with Crippen molar-refractivity contribution in [2.45, 2.75) is 18.9 Å². The Balaban J connectivity index is 0.00000162. The number of nitrogens with two attached hydrogens (primary N) is 1. The van der Waals surface area contributed by atoms with Crippen LogP contribution in [-0.4, -0.2) is 30.1 Å². The van der Waals surface area contributed by atoms with E-state index in [1.165, 1.54) is 0 Å². The van der Waals surface area contributed by atoms with E-state index in [-0.39, 0.29) is 24.5 Å². The average Bonchev–Trinajstić information content (AvgIpc) is 2.32. The molecule has 1 atom stereocenters. The molecule has 0 aliphatic carbocycles. The van der Waals surface area contributed by atoms with E-state index in [0.29, 0.717) is 6.54 Å². The monoisotopic (exact) mass is 381 g/mol. The second-order valence-corrected chi connectivity index (χ2v) is 5.53. The van der Waals surface area contributed by atoms with Crippen LogP contribution in [0.1, 0.15) is 12.8 Å². The molecule has 18 heavy (non-hydrogen) atoms. The minimum atomic E-state index is -0.0543. The number of amides is 2. The predicted octanol–water partition coefficient (Wildman–Crippen LogP) is 2.67. The number of carbonyl (C=O) groups excluding carboxylic acids is 1. The summed E-state index contributed by atoms with van der Waals surface area (Å²) < 4.78 is 1.15. The number of carbonyl (C=O) groups is 1. The van der Waals surface area contributed by atoms with Gasteiger partial charge in [0.05, 0.1) is 0 Å². The van der Waals surface area contributed by atoms with Gasteiger partial charge in [-0.3, -0.25) is 0 Å². The van der Waals surface area contributed by atoms with E-state index in [9.17, 15) is 4.79 Å². The molecule has 1 saturated heterocycles. The van der Waals surface area contributed by atoms with Crippen LogP contribution < -0.4 is 11.1 Å². The fourth-order valence-corrected chi connectivity index (χ4v) is 2.29. The molecule has 1 fully saturated rings. The molecule has 2 amide bonds. The number of urea groups is 1. The molecule has 1 aromatic rings. The van der Waals surface area contributed by atoms with Crippen LogP contribution in [0.3, 0.4) is 0 Å². The van der Waals surface area contributed by atoms with Gasteiger partial charge in [0.15, 0.2) is 0 Å². The summed E-state index contributed by atoms with van der Waals surface area (Å²) in [6.45, 7) is 1.44. The van der Waals surface area contributed by atoms with E-state index in [0.717, 1.165) is 28.6 Å². The van der Waals surface area contributed by atoms with Gasteiger partial charge in [0.1, 0.15) is 0 Å². The number of hydrogen-bond acceptors (Lipinski definition) is 2. The van der Waals surface area contributed by atoms with Crippen LogP contribution in [0.2, 0.25) is 0 Å². The number of likely N-dealkylation sites (tertiary alicyclic amines) is 1. The molecule has 4 nitrogen and oxygen atoms in total. The number of rotatable bonds is 1. The van der Waals surface area contributed by atoms with Crippen LogP contribution in [0.4, 0.5) is 10.5 Å². The molecule has 1 aromatic carbocycles. The first kappa shape index (κ1) is 15.5. The van der Waals surface area contributed by atoms with Gasteiger partial charge in [-0.05, 0) is 59.7 Å². The highest BCUT2D eigenvalue weighted by molar-refractivity contribution is 14.1. The lowest BCUT2D eigenvalue weighted by atomic mass is 10.1. The second kappa shape index (κ2) is 7.16. The van der Waals surface area contributed by atoms with Gasteiger partial charge in [-0.25, -0.2) is 4.79 Å². The number of nitrogens with zero attached hydrogens (tertiary/aromatic N) is 1. The maximum absolute atomic E-state index is 12.0. The summed E-state index contributed by atoms with van der Waals surface area (Å²) in [5.41, 5.74) is 6.68. The summed E-state index contributed by atoms with van der Waals surface area (Å²) in [5.74, 6) is 0. The van der Waals surface area contributed by atoms with Gasteiger partial charge >= 0.3 is 6.03 Å². The van der Waals surface area contributed by atoms with Gasteiger partial charge < -0.3 is 16.0 Å². The van der Waals surface area contributed by atoms with Crippen molar-refractivity contribution in [2.24, 2.45) is 5.73 Å². The SMILES string of the molecule is Cl.N[C@H]1CCCN(C(=O)Nc2ccc(I)cc2)C1. The van der Waals surface area contributed by atoms with E-state index in [1.807, 2.05) is 24.3 Å². The normalized spacial score (nSPS) is 19.0. The standard InChI is InChI=1S/C12H16IN3O.ClH/c13-9-3-5-11(6-4-9)15-12(17)16-7-1-2-10(14)8-16;/h3-6,10H,1-2,7-8,14H2,(H,15,17);1H/t10-;/m0./s1. The Hall–Kier alpha value is -0.530. The summed E-state index contributed by atoms with van der Waals surface area (Å²) in [7, 11) is 0. The molecule has 100 valence electrons. The first-order valence-electron chi connectivity index (χ1n) is 5.72. The summed E-state index contributed by atoms with van der Waals surface area (Å²) in [6, 6.07) is 7.82. The van der Waals surface area contributed by atoms with Gasteiger partial charge in [-0.15, -0.1) is 12.4 Å². The van der Waals surface area contributed by atoms with Crippen LogP contribution in [0, 0.1) is 3.57 Å². The molecule has 0 bridgehead atoms. The van der Waals surface area contributed by atoms with E-state index in [2.05, 4.69) is 27.9 Å². The highest BCUT2D eigenvalue weighted by atomic mass is 127. The smallest absolute Gasteiger partial charge is 0.321 e. The number of piperidine rings is 1. The molecule has 0 spiro atoms. The van der Waals surface area contributed by atoms with Gasteiger partial charge in [-0.1, -0.05) is 0 Å². The average molecular weight is 382 g/mol. The zero-order valence-electron chi connectivity index (χ0n) is 9.93. The number of halogens is 2. The van der Waals surface area contributed by atoms with Crippen molar-refractivity contribution in [3.8, 4) is 0 Å². The number of nitrogens with one attached hydrogen (secondary N) is 1. The van der Waals surface area contributed by atoms with E-state index in [4.69, 9.17) is 5.73 Å². The summed E-state index contributed by atoms with van der Waals surface area (Å²) in [6.07, 6.45) is 1.99. The maximum atomic E-state index is 12.0. The first-order chi connectivity index (χ1) is 8.15. The summed E-state index contributed by atoms with van der Waals surface area (Å²) in [5, 5.41) is 2.89. The number of anilines is 1. The van der Waals surface area contributed by atoms with Gasteiger partial charge in [0.25, 0.3) is 0 Å². The van der Waals surface area contributed by atoms with E-state index < -0.39 is 0 Å². The minimum Gasteiger partial charge on any atom is -0.326 e. The van der Waals surface area contributed by atoms with E-state index in [1.54, 1.807) is 4.90 Å². The third-order valence-electron chi connectivity index (χ3n) is 2.84. The van der Waals surface area contributed by atoms with Crippen LogP contribution in [0.25, 0.3) is 0 Å². The van der Waals surface area contributed by atoms with Crippen LogP contribution >= 0.6 is 35.0 Å². The Kier molecular flexibility index (Phi) is 6.17. The molecule has 0 unspecified atom stereocenters. The highest BCUT2D eigenvalue weighted by Crippen LogP contribution is 2.14. The van der Waals surface area contributed by atoms with Gasteiger partial charge in [-0.2, -0.15) is 0 Å². The molecule has 1 heterocycles. The molecule has 0 saturated carbocycles. The lowest BCUT2D eigenvalue weighted by Crippen LogP contribution is -2.47. The number of hydrogen-bond donors (Lipinski definition) is 2. The second-order valence-electron chi connectivity index (χ2n) is 4.29. The summed E-state index contributed by atoms with van der Waals surface area (Å²) >= 11 is 2.24. The lowest BCUT2D eigenvalue weighted by molar-refractivity contribution is 0.193. The maximum Gasteiger partial charge on any atom is 0.321 e. The largest absolute Gasteiger partial charge is 0.326 e. The number of benzene rings is 1. The minimum absolute atomic E-state index is 0. The molecule has 1 aliphatic heterocycles. The van der Waals surface area contributed by atoms with Crippen molar-refractivity contribution in [2.75, 3.05) is 18.4 Å². The Bertz CT molecular complexity index is 399. The Labute approximate surface area is 127 Å². The van der Waals surface area contributed by atoms with Crippen LogP contribution in [0.5, 0.6) is 0 Å². The highest BCUT2D eigenvalue weighted by Gasteiger charge is 2.20.